The first-order chi connectivity index (χ1) is 9.19. The molecule has 1 N–H and O–H groups in total. The molecule has 0 atom stereocenters. The van der Waals surface area contributed by atoms with Gasteiger partial charge in [-0.3, -0.25) is 0 Å². The molecule has 19 heavy (non-hydrogen) atoms. The van der Waals surface area contributed by atoms with E-state index in [-0.39, 0.29) is 5.82 Å². The van der Waals surface area contributed by atoms with Gasteiger partial charge in [0, 0.05) is 12.7 Å². The SMILES string of the molecule is Cc1cc(F)ccc1CCNc1ccc(C#N)cn1. The Morgan fingerprint density at radius 1 is 1.32 bits per heavy atom. The zero-order chi connectivity index (χ0) is 13.7. The van der Waals surface area contributed by atoms with E-state index < -0.39 is 0 Å². The molecule has 3 nitrogen and oxygen atoms in total. The maximum Gasteiger partial charge on any atom is 0.125 e. The highest BCUT2D eigenvalue weighted by atomic mass is 19.1. The van der Waals surface area contributed by atoms with E-state index in [0.717, 1.165) is 23.4 Å². The number of nitrogens with zero attached hydrogens (tertiary/aromatic N) is 2. The molecular formula is C15H14FN3. The molecule has 1 aromatic carbocycles. The Hall–Kier alpha value is -2.41. The van der Waals surface area contributed by atoms with Crippen LogP contribution in [-0.4, -0.2) is 11.5 Å². The summed E-state index contributed by atoms with van der Waals surface area (Å²) in [4.78, 5) is 4.12. The van der Waals surface area contributed by atoms with Crippen molar-refractivity contribution in [3.8, 4) is 6.07 Å². The molecule has 0 unspecified atom stereocenters. The fraction of sp³-hybridized carbons (Fsp3) is 0.200. The lowest BCUT2D eigenvalue weighted by Crippen LogP contribution is -2.07. The fourth-order valence-corrected chi connectivity index (χ4v) is 1.83. The Morgan fingerprint density at radius 2 is 2.16 bits per heavy atom. The normalized spacial score (nSPS) is 9.95. The largest absolute Gasteiger partial charge is 0.370 e. The van der Waals surface area contributed by atoms with E-state index >= 15 is 0 Å². The molecule has 4 heteroatoms. The van der Waals surface area contributed by atoms with Gasteiger partial charge in [-0.05, 0) is 48.7 Å². The smallest absolute Gasteiger partial charge is 0.125 e. The van der Waals surface area contributed by atoms with Gasteiger partial charge in [0.2, 0.25) is 0 Å². The molecule has 2 aromatic rings. The fourth-order valence-electron chi connectivity index (χ4n) is 1.83. The molecule has 1 heterocycles. The highest BCUT2D eigenvalue weighted by Gasteiger charge is 2.00. The van der Waals surface area contributed by atoms with Crippen LogP contribution < -0.4 is 5.32 Å². The summed E-state index contributed by atoms with van der Waals surface area (Å²) in [6, 6.07) is 10.3. The minimum Gasteiger partial charge on any atom is -0.370 e. The minimum absolute atomic E-state index is 0.206. The summed E-state index contributed by atoms with van der Waals surface area (Å²) >= 11 is 0. The average Bonchev–Trinajstić information content (AvgIpc) is 2.42. The van der Waals surface area contributed by atoms with Gasteiger partial charge in [0.05, 0.1) is 5.56 Å². The van der Waals surface area contributed by atoms with E-state index in [2.05, 4.69) is 10.3 Å². The molecule has 0 aliphatic heterocycles. The second-order valence-electron chi connectivity index (χ2n) is 4.29. The first-order valence-corrected chi connectivity index (χ1v) is 6.04. The number of halogens is 1. The molecule has 0 saturated carbocycles. The Labute approximate surface area is 111 Å². The average molecular weight is 255 g/mol. The van der Waals surface area contributed by atoms with Gasteiger partial charge >= 0.3 is 0 Å². The summed E-state index contributed by atoms with van der Waals surface area (Å²) < 4.78 is 13.0. The lowest BCUT2D eigenvalue weighted by atomic mass is 10.1. The minimum atomic E-state index is -0.206. The van der Waals surface area contributed by atoms with E-state index in [1.807, 2.05) is 13.0 Å². The number of benzene rings is 1. The maximum absolute atomic E-state index is 13.0. The van der Waals surface area contributed by atoms with Gasteiger partial charge in [0.1, 0.15) is 17.7 Å². The predicted molar refractivity (Wildman–Crippen MR) is 72.3 cm³/mol. The molecule has 0 fully saturated rings. The molecule has 0 aliphatic carbocycles. The summed E-state index contributed by atoms with van der Waals surface area (Å²) in [5.41, 5.74) is 2.61. The van der Waals surface area contributed by atoms with Crippen molar-refractivity contribution in [1.82, 2.24) is 4.98 Å². The van der Waals surface area contributed by atoms with Gasteiger partial charge in [-0.1, -0.05) is 6.07 Å². The highest BCUT2D eigenvalue weighted by Crippen LogP contribution is 2.11. The van der Waals surface area contributed by atoms with E-state index in [0.29, 0.717) is 12.1 Å². The molecule has 0 amide bonds. The van der Waals surface area contributed by atoms with Crippen LogP contribution in [0.1, 0.15) is 16.7 Å². The lowest BCUT2D eigenvalue weighted by Gasteiger charge is -2.08. The van der Waals surface area contributed by atoms with Crippen LogP contribution in [-0.2, 0) is 6.42 Å². The maximum atomic E-state index is 13.0. The number of hydrogen-bond acceptors (Lipinski definition) is 3. The van der Waals surface area contributed by atoms with Crippen LogP contribution in [0.2, 0.25) is 0 Å². The third kappa shape index (κ3) is 3.52. The monoisotopic (exact) mass is 255 g/mol. The summed E-state index contributed by atoms with van der Waals surface area (Å²) in [6.45, 7) is 2.61. The highest BCUT2D eigenvalue weighted by molar-refractivity contribution is 5.39. The quantitative estimate of drug-likeness (QED) is 0.913. The van der Waals surface area contributed by atoms with Crippen LogP contribution in [0.5, 0.6) is 0 Å². The van der Waals surface area contributed by atoms with Crippen LogP contribution in [0.4, 0.5) is 10.2 Å². The number of nitrogens with one attached hydrogen (secondary N) is 1. The van der Waals surface area contributed by atoms with E-state index in [9.17, 15) is 4.39 Å². The number of nitriles is 1. The number of pyridine rings is 1. The predicted octanol–water partition coefficient (Wildman–Crippen LogP) is 3.06. The summed E-state index contributed by atoms with van der Waals surface area (Å²) in [7, 11) is 0. The van der Waals surface area contributed by atoms with Crippen molar-refractivity contribution < 1.29 is 4.39 Å². The van der Waals surface area contributed by atoms with Crippen LogP contribution in [0.15, 0.2) is 36.5 Å². The molecule has 0 radical (unpaired) electrons. The second kappa shape index (κ2) is 5.96. The molecule has 0 bridgehead atoms. The summed E-state index contributed by atoms with van der Waals surface area (Å²) in [5.74, 6) is 0.529. The van der Waals surface area contributed by atoms with Crippen LogP contribution in [0.3, 0.4) is 0 Å². The van der Waals surface area contributed by atoms with Gasteiger partial charge in [-0.2, -0.15) is 5.26 Å². The molecule has 0 spiro atoms. The Kier molecular flexibility index (Phi) is 4.09. The van der Waals surface area contributed by atoms with Crippen molar-refractivity contribution in [1.29, 1.82) is 5.26 Å². The van der Waals surface area contributed by atoms with Crippen LogP contribution in [0, 0.1) is 24.1 Å². The summed E-state index contributed by atoms with van der Waals surface area (Å²) in [5, 5.41) is 11.8. The van der Waals surface area contributed by atoms with E-state index in [1.165, 1.54) is 18.3 Å². The molecule has 0 aliphatic rings. The van der Waals surface area contributed by atoms with Crippen molar-refractivity contribution >= 4 is 5.82 Å². The summed E-state index contributed by atoms with van der Waals surface area (Å²) in [6.07, 6.45) is 2.33. The third-order valence-electron chi connectivity index (χ3n) is 2.90. The Morgan fingerprint density at radius 3 is 2.79 bits per heavy atom. The number of aryl methyl sites for hydroxylation is 1. The first-order valence-electron chi connectivity index (χ1n) is 6.04. The van der Waals surface area contributed by atoms with Crippen LogP contribution in [0.25, 0.3) is 0 Å². The Balaban J connectivity index is 1.91. The van der Waals surface area contributed by atoms with Crippen LogP contribution >= 0.6 is 0 Å². The second-order valence-corrected chi connectivity index (χ2v) is 4.29. The van der Waals surface area contributed by atoms with Crippen molar-refractivity contribution in [2.24, 2.45) is 0 Å². The lowest BCUT2D eigenvalue weighted by molar-refractivity contribution is 0.625. The molecular weight excluding hydrogens is 241 g/mol. The van der Waals surface area contributed by atoms with Gasteiger partial charge in [-0.15, -0.1) is 0 Å². The molecule has 0 saturated heterocycles. The number of anilines is 1. The Bertz CT molecular complexity index is 600. The van der Waals surface area contributed by atoms with Gasteiger partial charge in [0.15, 0.2) is 0 Å². The zero-order valence-electron chi connectivity index (χ0n) is 10.7. The number of hydrogen-bond donors (Lipinski definition) is 1. The molecule has 96 valence electrons. The zero-order valence-corrected chi connectivity index (χ0v) is 10.7. The topological polar surface area (TPSA) is 48.7 Å². The van der Waals surface area contributed by atoms with Gasteiger partial charge in [-0.25, -0.2) is 9.37 Å². The van der Waals surface area contributed by atoms with Crippen molar-refractivity contribution in [3.63, 3.8) is 0 Å². The standard InChI is InChI=1S/C15H14FN3/c1-11-8-14(16)4-3-13(11)6-7-18-15-5-2-12(9-17)10-19-15/h2-5,8,10H,6-7H2,1H3,(H,18,19). The van der Waals surface area contributed by atoms with E-state index in [1.54, 1.807) is 18.2 Å². The number of aromatic nitrogens is 1. The van der Waals surface area contributed by atoms with Crippen molar-refractivity contribution in [2.45, 2.75) is 13.3 Å². The van der Waals surface area contributed by atoms with Crippen molar-refractivity contribution in [3.05, 3.63) is 59.0 Å². The van der Waals surface area contributed by atoms with Crippen molar-refractivity contribution in [2.75, 3.05) is 11.9 Å². The molecule has 1 aromatic heterocycles. The first kappa shape index (κ1) is 13.0. The molecule has 2 rings (SSSR count). The van der Waals surface area contributed by atoms with E-state index in [4.69, 9.17) is 5.26 Å². The number of rotatable bonds is 4. The third-order valence-corrected chi connectivity index (χ3v) is 2.90. The van der Waals surface area contributed by atoms with Gasteiger partial charge < -0.3 is 5.32 Å². The van der Waals surface area contributed by atoms with Gasteiger partial charge in [0.25, 0.3) is 0 Å².